The first-order valence-electron chi connectivity index (χ1n) is 6.89. The topological polar surface area (TPSA) is 51.0 Å². The number of nitrogens with zero attached hydrogens (tertiary/aromatic N) is 2. The number of rotatable bonds is 5. The van der Waals surface area contributed by atoms with E-state index in [1.807, 2.05) is 6.92 Å². The third kappa shape index (κ3) is 3.01. The van der Waals surface area contributed by atoms with Gasteiger partial charge in [-0.1, -0.05) is 35.5 Å². The molecule has 19 heavy (non-hydrogen) atoms. The van der Waals surface area contributed by atoms with Crippen LogP contribution in [0.4, 0.5) is 0 Å². The minimum absolute atomic E-state index is 0.637. The smallest absolute Gasteiger partial charge is 0.223 e. The molecule has 1 aliphatic carbocycles. The van der Waals surface area contributed by atoms with Crippen molar-refractivity contribution in [1.82, 2.24) is 15.5 Å². The summed E-state index contributed by atoms with van der Waals surface area (Å²) in [4.78, 5) is 4.20. The Morgan fingerprint density at radius 3 is 2.74 bits per heavy atom. The van der Waals surface area contributed by atoms with E-state index in [4.69, 9.17) is 4.52 Å². The van der Waals surface area contributed by atoms with Gasteiger partial charge < -0.3 is 9.84 Å². The zero-order valence-electron chi connectivity index (χ0n) is 11.2. The Bertz CT molecular complexity index is 517. The van der Waals surface area contributed by atoms with Crippen molar-refractivity contribution in [3.8, 4) is 0 Å². The fourth-order valence-electron chi connectivity index (χ4n) is 2.61. The summed E-state index contributed by atoms with van der Waals surface area (Å²) in [5.41, 5.74) is 1.47. The van der Waals surface area contributed by atoms with Crippen molar-refractivity contribution < 1.29 is 4.52 Å². The largest absolute Gasteiger partial charge is 0.340 e. The number of nitrogens with one attached hydrogen (secondary N) is 1. The van der Waals surface area contributed by atoms with Gasteiger partial charge in [0, 0.05) is 25.9 Å². The van der Waals surface area contributed by atoms with Crippen LogP contribution in [0.2, 0.25) is 0 Å². The summed E-state index contributed by atoms with van der Waals surface area (Å²) < 4.78 is 4.95. The summed E-state index contributed by atoms with van der Waals surface area (Å²) in [6, 6.07) is 11.4. The van der Waals surface area contributed by atoms with Crippen molar-refractivity contribution in [2.75, 3.05) is 6.54 Å². The molecule has 1 saturated carbocycles. The predicted molar refractivity (Wildman–Crippen MR) is 72.9 cm³/mol. The van der Waals surface area contributed by atoms with E-state index in [1.165, 1.54) is 18.4 Å². The normalized spacial score (nSPS) is 22.2. The molecule has 0 amide bonds. The average Bonchev–Trinajstić information content (AvgIpc) is 2.79. The Morgan fingerprint density at radius 1 is 1.26 bits per heavy atom. The van der Waals surface area contributed by atoms with Crippen LogP contribution in [0, 0.1) is 6.92 Å². The summed E-state index contributed by atoms with van der Waals surface area (Å²) >= 11 is 0. The Hall–Kier alpha value is -1.68. The Balaban J connectivity index is 1.38. The molecule has 1 fully saturated rings. The van der Waals surface area contributed by atoms with E-state index in [9.17, 15) is 0 Å². The zero-order chi connectivity index (χ0) is 13.1. The van der Waals surface area contributed by atoms with Crippen LogP contribution in [0.1, 0.15) is 36.0 Å². The first kappa shape index (κ1) is 12.4. The molecular weight excluding hydrogens is 238 g/mol. The van der Waals surface area contributed by atoms with E-state index < -0.39 is 0 Å². The summed E-state index contributed by atoms with van der Waals surface area (Å²) in [5, 5.41) is 7.45. The molecule has 4 heteroatoms. The molecule has 1 aliphatic rings. The molecule has 1 aromatic heterocycles. The first-order valence-corrected chi connectivity index (χ1v) is 6.89. The number of benzene rings is 1. The molecule has 0 spiro atoms. The van der Waals surface area contributed by atoms with E-state index in [1.54, 1.807) is 0 Å². The van der Waals surface area contributed by atoms with Crippen molar-refractivity contribution in [2.24, 2.45) is 0 Å². The molecule has 1 N–H and O–H groups in total. The first-order chi connectivity index (χ1) is 9.31. The van der Waals surface area contributed by atoms with Crippen molar-refractivity contribution in [2.45, 2.75) is 38.1 Å². The van der Waals surface area contributed by atoms with E-state index in [0.717, 1.165) is 24.7 Å². The Morgan fingerprint density at radius 2 is 2.05 bits per heavy atom. The third-order valence-electron chi connectivity index (χ3n) is 3.76. The second-order valence-electron chi connectivity index (χ2n) is 5.21. The van der Waals surface area contributed by atoms with E-state index in [-0.39, 0.29) is 0 Å². The molecule has 2 aromatic rings. The molecule has 0 aliphatic heterocycles. The number of hydrogen-bond acceptors (Lipinski definition) is 4. The van der Waals surface area contributed by atoms with Gasteiger partial charge in [-0.2, -0.15) is 4.98 Å². The number of aryl methyl sites for hydroxylation is 1. The van der Waals surface area contributed by atoms with Crippen LogP contribution in [-0.2, 0) is 6.42 Å². The lowest BCUT2D eigenvalue weighted by Crippen LogP contribution is -2.41. The lowest BCUT2D eigenvalue weighted by Gasteiger charge is -2.36. The fraction of sp³-hybridized carbons (Fsp3) is 0.467. The van der Waals surface area contributed by atoms with Crippen LogP contribution in [0.25, 0.3) is 0 Å². The van der Waals surface area contributed by atoms with Crippen LogP contribution in [0.3, 0.4) is 0 Å². The van der Waals surface area contributed by atoms with Gasteiger partial charge in [0.1, 0.15) is 0 Å². The highest BCUT2D eigenvalue weighted by Gasteiger charge is 2.29. The third-order valence-corrected chi connectivity index (χ3v) is 3.76. The monoisotopic (exact) mass is 257 g/mol. The number of hydrogen-bond donors (Lipinski definition) is 1. The molecule has 1 heterocycles. The highest BCUT2D eigenvalue weighted by molar-refractivity contribution is 5.22. The molecule has 0 atom stereocenters. The second-order valence-corrected chi connectivity index (χ2v) is 5.21. The van der Waals surface area contributed by atoms with Gasteiger partial charge in [0.05, 0.1) is 0 Å². The highest BCUT2D eigenvalue weighted by Crippen LogP contribution is 2.36. The fourth-order valence-corrected chi connectivity index (χ4v) is 2.61. The SMILES string of the molecule is Cc1nc(CCNC2CC(c3ccccc3)C2)no1. The molecule has 0 unspecified atom stereocenters. The van der Waals surface area contributed by atoms with Crippen LogP contribution in [0.15, 0.2) is 34.9 Å². The second kappa shape index (κ2) is 5.53. The van der Waals surface area contributed by atoms with Crippen molar-refractivity contribution in [3.05, 3.63) is 47.6 Å². The van der Waals surface area contributed by atoms with Crippen LogP contribution in [0.5, 0.6) is 0 Å². The van der Waals surface area contributed by atoms with Gasteiger partial charge >= 0.3 is 0 Å². The maximum absolute atomic E-state index is 4.95. The zero-order valence-corrected chi connectivity index (χ0v) is 11.2. The van der Waals surface area contributed by atoms with E-state index in [0.29, 0.717) is 11.9 Å². The minimum Gasteiger partial charge on any atom is -0.340 e. The van der Waals surface area contributed by atoms with Crippen molar-refractivity contribution in [1.29, 1.82) is 0 Å². The van der Waals surface area contributed by atoms with Crippen molar-refractivity contribution >= 4 is 0 Å². The van der Waals surface area contributed by atoms with Crippen LogP contribution in [-0.4, -0.2) is 22.7 Å². The lowest BCUT2D eigenvalue weighted by atomic mass is 9.76. The van der Waals surface area contributed by atoms with Gasteiger partial charge in [0.15, 0.2) is 5.82 Å². The quantitative estimate of drug-likeness (QED) is 0.894. The number of aromatic nitrogens is 2. The lowest BCUT2D eigenvalue weighted by molar-refractivity contribution is 0.291. The van der Waals surface area contributed by atoms with E-state index in [2.05, 4.69) is 45.8 Å². The molecule has 4 nitrogen and oxygen atoms in total. The Labute approximate surface area is 113 Å². The molecule has 0 bridgehead atoms. The molecule has 100 valence electrons. The summed E-state index contributed by atoms with van der Waals surface area (Å²) in [6.07, 6.45) is 3.30. The summed E-state index contributed by atoms with van der Waals surface area (Å²) in [7, 11) is 0. The van der Waals surface area contributed by atoms with Crippen LogP contribution < -0.4 is 5.32 Å². The van der Waals surface area contributed by atoms with Crippen LogP contribution >= 0.6 is 0 Å². The van der Waals surface area contributed by atoms with Gasteiger partial charge in [-0.3, -0.25) is 0 Å². The standard InChI is InChI=1S/C15H19N3O/c1-11-17-15(18-19-11)7-8-16-14-9-13(10-14)12-5-3-2-4-6-12/h2-6,13-14,16H,7-10H2,1H3. The predicted octanol–water partition coefficient (Wildman–Crippen LogP) is 2.46. The molecule has 3 rings (SSSR count). The summed E-state index contributed by atoms with van der Waals surface area (Å²) in [6.45, 7) is 2.74. The highest BCUT2D eigenvalue weighted by atomic mass is 16.5. The van der Waals surface area contributed by atoms with Gasteiger partial charge in [-0.15, -0.1) is 0 Å². The van der Waals surface area contributed by atoms with Gasteiger partial charge in [0.2, 0.25) is 5.89 Å². The van der Waals surface area contributed by atoms with Gasteiger partial charge in [-0.25, -0.2) is 0 Å². The van der Waals surface area contributed by atoms with E-state index >= 15 is 0 Å². The Kier molecular flexibility index (Phi) is 3.60. The average molecular weight is 257 g/mol. The van der Waals surface area contributed by atoms with Gasteiger partial charge in [-0.05, 0) is 24.3 Å². The molecule has 0 radical (unpaired) electrons. The molecular formula is C15H19N3O. The minimum atomic E-state index is 0.637. The van der Waals surface area contributed by atoms with Gasteiger partial charge in [0.25, 0.3) is 0 Å². The molecule has 0 saturated heterocycles. The van der Waals surface area contributed by atoms with Crippen molar-refractivity contribution in [3.63, 3.8) is 0 Å². The molecule has 1 aromatic carbocycles. The maximum atomic E-state index is 4.95. The maximum Gasteiger partial charge on any atom is 0.223 e. The summed E-state index contributed by atoms with van der Waals surface area (Å²) in [5.74, 6) is 2.16.